The Balaban J connectivity index is 2.70. The average molecular weight is 270 g/mol. The standard InChI is InChI=1S/C10H13N3O4S/c1-10(2,3)17-9(15)12-8-11-7(5-18-8)6(4-14)13-16/h4-5,16H,1-3H3,(H,11,12,15)/p-1/b13-6+. The number of hydrogen-bond donors (Lipinski definition) is 1. The lowest BCUT2D eigenvalue weighted by molar-refractivity contribution is -0.102. The van der Waals surface area contributed by atoms with Crippen LogP contribution in [0.15, 0.2) is 10.5 Å². The van der Waals surface area contributed by atoms with Gasteiger partial charge in [0.2, 0.25) is 0 Å². The fraction of sp³-hybridized carbons (Fsp3) is 0.400. The maximum Gasteiger partial charge on any atom is 0.413 e. The molecule has 0 unspecified atom stereocenters. The summed E-state index contributed by atoms with van der Waals surface area (Å²) in [4.78, 5) is 25.8. The van der Waals surface area contributed by atoms with Gasteiger partial charge in [0, 0.05) is 5.38 Å². The minimum absolute atomic E-state index is 0.121. The minimum atomic E-state index is -0.657. The topological polar surface area (TPSA) is 104 Å². The Bertz CT molecular complexity index is 476. The first kappa shape index (κ1) is 14.1. The molecule has 0 atom stereocenters. The van der Waals surface area contributed by atoms with Crippen LogP contribution in [0, 0.1) is 5.21 Å². The number of nitrogens with zero attached hydrogens (tertiary/aromatic N) is 2. The van der Waals surface area contributed by atoms with Gasteiger partial charge in [0.05, 0.1) is 0 Å². The van der Waals surface area contributed by atoms with Gasteiger partial charge in [-0.05, 0) is 20.8 Å². The average Bonchev–Trinajstić information content (AvgIpc) is 2.65. The third-order valence-corrected chi connectivity index (χ3v) is 2.34. The SMILES string of the molecule is CC(C)(C)OC(=O)Nc1nc(/C(C=O)=N/[O-])cs1. The lowest BCUT2D eigenvalue weighted by Crippen LogP contribution is -2.27. The van der Waals surface area contributed by atoms with Gasteiger partial charge in [-0.25, -0.2) is 9.78 Å². The molecule has 1 aromatic rings. The first-order chi connectivity index (χ1) is 8.35. The summed E-state index contributed by atoms with van der Waals surface area (Å²) < 4.78 is 5.02. The second kappa shape index (κ2) is 5.58. The van der Waals surface area contributed by atoms with Crippen molar-refractivity contribution in [3.63, 3.8) is 0 Å². The van der Waals surface area contributed by atoms with Crippen molar-refractivity contribution in [1.82, 2.24) is 4.98 Å². The molecule has 0 aliphatic carbocycles. The van der Waals surface area contributed by atoms with Gasteiger partial charge in [-0.3, -0.25) is 10.1 Å². The van der Waals surface area contributed by atoms with Gasteiger partial charge >= 0.3 is 6.09 Å². The van der Waals surface area contributed by atoms with Crippen molar-refractivity contribution in [2.75, 3.05) is 5.32 Å². The van der Waals surface area contributed by atoms with Gasteiger partial charge in [0.1, 0.15) is 17.0 Å². The number of aldehydes is 1. The zero-order valence-corrected chi connectivity index (χ0v) is 10.9. The number of carbonyl (C=O) groups excluding carboxylic acids is 2. The number of rotatable bonds is 3. The van der Waals surface area contributed by atoms with Crippen molar-refractivity contribution in [2.45, 2.75) is 26.4 Å². The van der Waals surface area contributed by atoms with E-state index in [0.717, 1.165) is 11.3 Å². The van der Waals surface area contributed by atoms with Crippen LogP contribution in [0.25, 0.3) is 0 Å². The molecule has 18 heavy (non-hydrogen) atoms. The number of aromatic nitrogens is 1. The van der Waals surface area contributed by atoms with Gasteiger partial charge in [-0.2, -0.15) is 0 Å². The lowest BCUT2D eigenvalue weighted by Gasteiger charge is -2.18. The van der Waals surface area contributed by atoms with E-state index in [1.54, 1.807) is 20.8 Å². The van der Waals surface area contributed by atoms with E-state index in [-0.39, 0.29) is 16.5 Å². The maximum absolute atomic E-state index is 11.4. The van der Waals surface area contributed by atoms with E-state index in [1.165, 1.54) is 5.38 Å². The smallest absolute Gasteiger partial charge is 0.413 e. The predicted molar refractivity (Wildman–Crippen MR) is 67.9 cm³/mol. The molecule has 0 saturated heterocycles. The number of amides is 1. The minimum Gasteiger partial charge on any atom is -0.791 e. The summed E-state index contributed by atoms with van der Waals surface area (Å²) in [6.45, 7) is 5.19. The zero-order chi connectivity index (χ0) is 13.8. The molecule has 0 aromatic carbocycles. The quantitative estimate of drug-likeness (QED) is 0.513. The number of ether oxygens (including phenoxy) is 1. The van der Waals surface area contributed by atoms with E-state index >= 15 is 0 Å². The Labute approximate surface area is 107 Å². The summed E-state index contributed by atoms with van der Waals surface area (Å²) in [5, 5.41) is 16.9. The Morgan fingerprint density at radius 3 is 2.78 bits per heavy atom. The van der Waals surface area contributed by atoms with E-state index < -0.39 is 11.7 Å². The number of hydrogen-bond acceptors (Lipinski definition) is 7. The van der Waals surface area contributed by atoms with E-state index in [1.807, 2.05) is 0 Å². The van der Waals surface area contributed by atoms with Crippen LogP contribution in [0.1, 0.15) is 26.5 Å². The molecular weight excluding hydrogens is 258 g/mol. The number of nitrogens with one attached hydrogen (secondary N) is 1. The van der Waals surface area contributed by atoms with Crippen LogP contribution in [0.2, 0.25) is 0 Å². The molecule has 98 valence electrons. The Morgan fingerprint density at radius 2 is 2.28 bits per heavy atom. The molecular formula is C10H12N3O4S-. The van der Waals surface area contributed by atoms with Gasteiger partial charge in [0.25, 0.3) is 0 Å². The van der Waals surface area contributed by atoms with E-state index in [0.29, 0.717) is 6.29 Å². The number of carbonyl (C=O) groups is 2. The first-order valence-electron chi connectivity index (χ1n) is 4.97. The third-order valence-electron chi connectivity index (χ3n) is 1.58. The van der Waals surface area contributed by atoms with Crippen molar-refractivity contribution in [2.24, 2.45) is 5.16 Å². The molecule has 0 bridgehead atoms. The zero-order valence-electron chi connectivity index (χ0n) is 10.1. The molecule has 0 spiro atoms. The fourth-order valence-corrected chi connectivity index (χ4v) is 1.66. The number of anilines is 1. The molecule has 0 fully saturated rings. The van der Waals surface area contributed by atoms with Gasteiger partial charge in [-0.15, -0.1) is 11.3 Å². The molecule has 1 N–H and O–H groups in total. The van der Waals surface area contributed by atoms with Crippen LogP contribution >= 0.6 is 11.3 Å². The van der Waals surface area contributed by atoms with Crippen LogP contribution < -0.4 is 5.32 Å². The molecule has 1 amide bonds. The van der Waals surface area contributed by atoms with Crippen LogP contribution in [0.3, 0.4) is 0 Å². The molecule has 1 heterocycles. The van der Waals surface area contributed by atoms with Crippen molar-refractivity contribution in [3.8, 4) is 0 Å². The van der Waals surface area contributed by atoms with Crippen LogP contribution in [-0.2, 0) is 9.53 Å². The summed E-state index contributed by atoms with van der Waals surface area (Å²) in [6, 6.07) is 0. The highest BCUT2D eigenvalue weighted by molar-refractivity contribution is 7.14. The molecule has 1 rings (SSSR count). The first-order valence-corrected chi connectivity index (χ1v) is 5.85. The molecule has 1 aromatic heterocycles. The second-order valence-corrected chi connectivity index (χ2v) is 5.12. The van der Waals surface area contributed by atoms with Crippen molar-refractivity contribution in [3.05, 3.63) is 16.3 Å². The highest BCUT2D eigenvalue weighted by Crippen LogP contribution is 2.17. The van der Waals surface area contributed by atoms with Crippen LogP contribution in [0.5, 0.6) is 0 Å². The summed E-state index contributed by atoms with van der Waals surface area (Å²) >= 11 is 1.06. The Morgan fingerprint density at radius 1 is 1.61 bits per heavy atom. The Hall–Kier alpha value is -1.96. The van der Waals surface area contributed by atoms with Gasteiger partial charge in [-0.1, -0.05) is 0 Å². The predicted octanol–water partition coefficient (Wildman–Crippen LogP) is 1.98. The lowest BCUT2D eigenvalue weighted by atomic mass is 10.2. The van der Waals surface area contributed by atoms with Gasteiger partial charge < -0.3 is 15.1 Å². The van der Waals surface area contributed by atoms with Crippen LogP contribution in [0.4, 0.5) is 9.93 Å². The Kier molecular flexibility index (Phi) is 4.38. The molecule has 8 heteroatoms. The van der Waals surface area contributed by atoms with Gasteiger partial charge in [0.15, 0.2) is 11.4 Å². The summed E-state index contributed by atoms with van der Waals surface area (Å²) in [7, 11) is 0. The largest absolute Gasteiger partial charge is 0.791 e. The summed E-state index contributed by atoms with van der Waals surface area (Å²) in [5.41, 5.74) is -0.811. The molecule has 0 aliphatic rings. The second-order valence-electron chi connectivity index (χ2n) is 4.26. The van der Waals surface area contributed by atoms with Crippen molar-refractivity contribution >= 4 is 34.6 Å². The highest BCUT2D eigenvalue weighted by Gasteiger charge is 2.17. The molecule has 0 aliphatic heterocycles. The molecule has 7 nitrogen and oxygen atoms in total. The molecule has 0 radical (unpaired) electrons. The van der Waals surface area contributed by atoms with Crippen LogP contribution in [-0.4, -0.2) is 28.7 Å². The van der Waals surface area contributed by atoms with E-state index in [2.05, 4.69) is 15.5 Å². The monoisotopic (exact) mass is 270 g/mol. The summed E-state index contributed by atoms with van der Waals surface area (Å²) in [5.74, 6) is 0. The fourth-order valence-electron chi connectivity index (χ4n) is 0.968. The maximum atomic E-state index is 11.4. The van der Waals surface area contributed by atoms with Crippen molar-refractivity contribution in [1.29, 1.82) is 0 Å². The van der Waals surface area contributed by atoms with E-state index in [9.17, 15) is 14.8 Å². The third kappa shape index (κ3) is 4.13. The molecule has 0 saturated carbocycles. The van der Waals surface area contributed by atoms with E-state index in [4.69, 9.17) is 4.74 Å². The normalized spacial score (nSPS) is 12.1. The highest BCUT2D eigenvalue weighted by atomic mass is 32.1. The number of thiazole rings is 1. The van der Waals surface area contributed by atoms with Crippen molar-refractivity contribution < 1.29 is 14.3 Å². The summed E-state index contributed by atoms with van der Waals surface area (Å²) in [6.07, 6.45) is -0.352.